The van der Waals surface area contributed by atoms with Gasteiger partial charge in [-0.25, -0.2) is 4.98 Å². The number of anilines is 2. The predicted octanol–water partition coefficient (Wildman–Crippen LogP) is 4.52. The number of aromatic nitrogens is 2. The molecule has 0 atom stereocenters. The van der Waals surface area contributed by atoms with E-state index in [2.05, 4.69) is 10.3 Å². The number of nitrogens with zero attached hydrogens (tertiary/aromatic N) is 3. The number of amides is 1. The van der Waals surface area contributed by atoms with E-state index in [4.69, 9.17) is 27.9 Å². The molecule has 6 nitrogen and oxygen atoms in total. The normalized spacial score (nSPS) is 14.0. The van der Waals surface area contributed by atoms with Crippen LogP contribution in [0.5, 0.6) is 0 Å². The van der Waals surface area contributed by atoms with E-state index in [9.17, 15) is 4.79 Å². The standard InChI is InChI=1S/C19H18Cl2N4O2.ClH/c1-24-3-2-15-17(24)16(19(26)25-4-6-27-7-5-25)11-22-18(15)23-14-9-12(20)8-13(21)10-14;/h2-3,8-11H,4-7H2,1H3,(H,22,23);1H. The van der Waals surface area contributed by atoms with Crippen LogP contribution < -0.4 is 5.32 Å². The quantitative estimate of drug-likeness (QED) is 0.649. The molecule has 1 fully saturated rings. The van der Waals surface area contributed by atoms with Crippen molar-refractivity contribution in [2.45, 2.75) is 0 Å². The van der Waals surface area contributed by atoms with Gasteiger partial charge in [0.05, 0.1) is 24.3 Å². The number of ether oxygens (including phenoxy) is 1. The Balaban J connectivity index is 0.00000225. The summed E-state index contributed by atoms with van der Waals surface area (Å²) >= 11 is 12.2. The number of fused-ring (bicyclic) bond motifs is 1. The lowest BCUT2D eigenvalue weighted by molar-refractivity contribution is 0.0303. The first-order valence-corrected chi connectivity index (χ1v) is 9.32. The number of aryl methyl sites for hydroxylation is 1. The summed E-state index contributed by atoms with van der Waals surface area (Å²) in [5.41, 5.74) is 2.14. The van der Waals surface area contributed by atoms with Gasteiger partial charge in [-0.05, 0) is 24.3 Å². The summed E-state index contributed by atoms with van der Waals surface area (Å²) in [7, 11) is 1.92. The number of carbonyl (C=O) groups is 1. The van der Waals surface area contributed by atoms with E-state index >= 15 is 0 Å². The average molecular weight is 442 g/mol. The average Bonchev–Trinajstić information content (AvgIpc) is 3.04. The lowest BCUT2D eigenvalue weighted by atomic mass is 10.1. The summed E-state index contributed by atoms with van der Waals surface area (Å²) in [5, 5.41) is 5.17. The van der Waals surface area contributed by atoms with Crippen LogP contribution in [-0.2, 0) is 11.8 Å². The van der Waals surface area contributed by atoms with Crippen LogP contribution in [-0.4, -0.2) is 46.7 Å². The third kappa shape index (κ3) is 4.05. The number of rotatable bonds is 3. The summed E-state index contributed by atoms with van der Waals surface area (Å²) in [6.45, 7) is 2.30. The lowest BCUT2D eigenvalue weighted by Crippen LogP contribution is -2.40. The van der Waals surface area contributed by atoms with Crippen LogP contribution in [0, 0.1) is 0 Å². The summed E-state index contributed by atoms with van der Waals surface area (Å²) in [5.74, 6) is 0.609. The molecule has 0 spiro atoms. The number of hydrogen-bond acceptors (Lipinski definition) is 4. The molecular formula is C19H19Cl3N4O2. The van der Waals surface area contributed by atoms with Gasteiger partial charge in [0, 0.05) is 53.6 Å². The minimum Gasteiger partial charge on any atom is -0.378 e. The van der Waals surface area contributed by atoms with Crippen molar-refractivity contribution in [3.63, 3.8) is 0 Å². The van der Waals surface area contributed by atoms with Crippen molar-refractivity contribution in [2.24, 2.45) is 7.05 Å². The van der Waals surface area contributed by atoms with Crippen molar-refractivity contribution in [1.29, 1.82) is 0 Å². The molecule has 0 unspecified atom stereocenters. The number of nitrogens with one attached hydrogen (secondary N) is 1. The molecule has 1 amide bonds. The third-order valence-electron chi connectivity index (χ3n) is 4.56. The maximum Gasteiger partial charge on any atom is 0.257 e. The zero-order valence-corrected chi connectivity index (χ0v) is 17.4. The molecule has 3 aromatic rings. The summed E-state index contributed by atoms with van der Waals surface area (Å²) in [6.07, 6.45) is 3.53. The summed E-state index contributed by atoms with van der Waals surface area (Å²) in [4.78, 5) is 19.3. The Morgan fingerprint density at radius 3 is 2.54 bits per heavy atom. The van der Waals surface area contributed by atoms with Gasteiger partial charge in [-0.1, -0.05) is 23.2 Å². The number of pyridine rings is 1. The first-order valence-electron chi connectivity index (χ1n) is 8.57. The van der Waals surface area contributed by atoms with Gasteiger partial charge in [0.2, 0.25) is 0 Å². The Bertz CT molecular complexity index is 996. The molecule has 0 aliphatic carbocycles. The van der Waals surface area contributed by atoms with Gasteiger partial charge in [-0.2, -0.15) is 0 Å². The zero-order valence-electron chi connectivity index (χ0n) is 15.1. The molecule has 0 bridgehead atoms. The van der Waals surface area contributed by atoms with Crippen molar-refractivity contribution in [3.8, 4) is 0 Å². The number of carbonyl (C=O) groups excluding carboxylic acids is 1. The highest BCUT2D eigenvalue weighted by Crippen LogP contribution is 2.30. The maximum atomic E-state index is 13.0. The largest absolute Gasteiger partial charge is 0.378 e. The van der Waals surface area contributed by atoms with Gasteiger partial charge in [0.1, 0.15) is 5.82 Å². The minimum atomic E-state index is -0.0325. The molecule has 1 saturated heterocycles. The van der Waals surface area contributed by atoms with Gasteiger partial charge < -0.3 is 19.5 Å². The van der Waals surface area contributed by atoms with Crippen LogP contribution in [0.1, 0.15) is 10.4 Å². The Hall–Kier alpha value is -1.99. The van der Waals surface area contributed by atoms with E-state index < -0.39 is 0 Å². The monoisotopic (exact) mass is 440 g/mol. The second-order valence-electron chi connectivity index (χ2n) is 6.40. The molecule has 1 N–H and O–H groups in total. The molecule has 4 rings (SSSR count). The Morgan fingerprint density at radius 2 is 1.86 bits per heavy atom. The highest BCUT2D eigenvalue weighted by Gasteiger charge is 2.23. The van der Waals surface area contributed by atoms with Crippen LogP contribution in [0.25, 0.3) is 10.9 Å². The fraction of sp³-hybridized carbons (Fsp3) is 0.263. The molecule has 1 aromatic carbocycles. The zero-order chi connectivity index (χ0) is 19.0. The molecule has 1 aliphatic rings. The summed E-state index contributed by atoms with van der Waals surface area (Å²) < 4.78 is 7.27. The Morgan fingerprint density at radius 1 is 1.18 bits per heavy atom. The molecule has 0 saturated carbocycles. The van der Waals surface area contributed by atoms with Crippen molar-refractivity contribution in [3.05, 3.63) is 52.3 Å². The molecule has 0 radical (unpaired) electrons. The van der Waals surface area contributed by atoms with Gasteiger partial charge in [-0.15, -0.1) is 12.4 Å². The lowest BCUT2D eigenvalue weighted by Gasteiger charge is -2.27. The fourth-order valence-electron chi connectivity index (χ4n) is 3.27. The first-order chi connectivity index (χ1) is 13.0. The first kappa shape index (κ1) is 20.7. The molecule has 2 aromatic heterocycles. The smallest absolute Gasteiger partial charge is 0.257 e. The topological polar surface area (TPSA) is 59.4 Å². The van der Waals surface area contributed by atoms with Crippen molar-refractivity contribution >= 4 is 63.9 Å². The number of hydrogen-bond donors (Lipinski definition) is 1. The predicted molar refractivity (Wildman–Crippen MR) is 114 cm³/mol. The van der Waals surface area contributed by atoms with Crippen LogP contribution >= 0.6 is 35.6 Å². The SMILES string of the molecule is Cl.Cn1ccc2c(Nc3cc(Cl)cc(Cl)c3)ncc(C(=O)N3CCOCC3)c21. The van der Waals surface area contributed by atoms with Gasteiger partial charge in [0.25, 0.3) is 5.91 Å². The molecule has 28 heavy (non-hydrogen) atoms. The van der Waals surface area contributed by atoms with E-state index in [1.807, 2.05) is 23.9 Å². The number of morpholine rings is 1. The van der Waals surface area contributed by atoms with Crippen LogP contribution in [0.2, 0.25) is 10.0 Å². The highest BCUT2D eigenvalue weighted by molar-refractivity contribution is 6.35. The maximum absolute atomic E-state index is 13.0. The van der Waals surface area contributed by atoms with Crippen LogP contribution in [0.4, 0.5) is 11.5 Å². The van der Waals surface area contributed by atoms with E-state index in [0.29, 0.717) is 47.7 Å². The fourth-order valence-corrected chi connectivity index (χ4v) is 3.80. The number of benzene rings is 1. The van der Waals surface area contributed by atoms with Gasteiger partial charge in [-0.3, -0.25) is 4.79 Å². The van der Waals surface area contributed by atoms with Crippen molar-refractivity contribution < 1.29 is 9.53 Å². The second kappa shape index (κ2) is 8.57. The molecule has 1 aliphatic heterocycles. The van der Waals surface area contributed by atoms with Gasteiger partial charge in [0.15, 0.2) is 0 Å². The van der Waals surface area contributed by atoms with Crippen LogP contribution in [0.15, 0.2) is 36.7 Å². The van der Waals surface area contributed by atoms with E-state index in [-0.39, 0.29) is 18.3 Å². The Labute approximate surface area is 178 Å². The molecule has 148 valence electrons. The van der Waals surface area contributed by atoms with Crippen LogP contribution in [0.3, 0.4) is 0 Å². The van der Waals surface area contributed by atoms with E-state index in [1.165, 1.54) is 0 Å². The van der Waals surface area contributed by atoms with Gasteiger partial charge >= 0.3 is 0 Å². The van der Waals surface area contributed by atoms with E-state index in [1.54, 1.807) is 29.3 Å². The van der Waals surface area contributed by atoms with Crippen molar-refractivity contribution in [2.75, 3.05) is 31.6 Å². The number of halogens is 3. The van der Waals surface area contributed by atoms with Crippen molar-refractivity contribution in [1.82, 2.24) is 14.5 Å². The molecular weight excluding hydrogens is 423 g/mol. The minimum absolute atomic E-state index is 0. The highest BCUT2D eigenvalue weighted by atomic mass is 35.5. The third-order valence-corrected chi connectivity index (χ3v) is 5.00. The second-order valence-corrected chi connectivity index (χ2v) is 7.27. The molecule has 3 heterocycles. The molecule has 9 heteroatoms. The summed E-state index contributed by atoms with van der Waals surface area (Å²) in [6, 6.07) is 7.16. The Kier molecular flexibility index (Phi) is 6.35. The van der Waals surface area contributed by atoms with E-state index in [0.717, 1.165) is 16.6 Å².